The van der Waals surface area contributed by atoms with Gasteiger partial charge in [-0.15, -0.1) is 0 Å². The third-order valence-corrected chi connectivity index (χ3v) is 3.21. The van der Waals surface area contributed by atoms with Crippen LogP contribution >= 0.6 is 15.9 Å². The van der Waals surface area contributed by atoms with Crippen LogP contribution in [0.25, 0.3) is 0 Å². The normalized spacial score (nSPS) is 13.9. The summed E-state index contributed by atoms with van der Waals surface area (Å²) in [5, 5.41) is 13.5. The maximum Gasteiger partial charge on any atom is 0.417 e. The Labute approximate surface area is 127 Å². The van der Waals surface area contributed by atoms with E-state index in [1.54, 1.807) is 6.92 Å². The molecule has 0 spiro atoms. The Kier molecular flexibility index (Phi) is 5.59. The van der Waals surface area contributed by atoms with Gasteiger partial charge in [-0.05, 0) is 18.2 Å². The first kappa shape index (κ1) is 17.3. The van der Waals surface area contributed by atoms with E-state index in [1.807, 2.05) is 0 Å². The fourth-order valence-electron chi connectivity index (χ4n) is 1.49. The molecular formula is C12H13BrF3N3O2. The molecule has 0 aliphatic carbocycles. The number of nitrogens with zero attached hydrogens (tertiary/aromatic N) is 1. The minimum Gasteiger partial charge on any atom is -0.409 e. The Morgan fingerprint density at radius 2 is 2.14 bits per heavy atom. The predicted octanol–water partition coefficient (Wildman–Crippen LogP) is 2.58. The molecule has 21 heavy (non-hydrogen) atoms. The Bertz CT molecular complexity index is 561. The van der Waals surface area contributed by atoms with Crippen LogP contribution in [0.1, 0.15) is 22.8 Å². The van der Waals surface area contributed by atoms with Crippen molar-refractivity contribution in [2.75, 3.05) is 6.54 Å². The molecule has 0 aromatic heterocycles. The number of hydrogen-bond donors (Lipinski definition) is 3. The van der Waals surface area contributed by atoms with Crippen molar-refractivity contribution in [3.05, 3.63) is 33.8 Å². The number of nitrogens with one attached hydrogen (secondary N) is 1. The summed E-state index contributed by atoms with van der Waals surface area (Å²) in [6, 6.07) is 3.26. The third kappa shape index (κ3) is 4.62. The summed E-state index contributed by atoms with van der Waals surface area (Å²) < 4.78 is 38.9. The molecule has 5 nitrogen and oxygen atoms in total. The van der Waals surface area contributed by atoms with Crippen LogP contribution in [0.3, 0.4) is 0 Å². The number of hydrogen-bond acceptors (Lipinski definition) is 3. The van der Waals surface area contributed by atoms with E-state index in [9.17, 15) is 18.0 Å². The topological polar surface area (TPSA) is 87.7 Å². The molecule has 0 radical (unpaired) electrons. The molecule has 1 rings (SSSR count). The maximum absolute atomic E-state index is 12.9. The number of alkyl halides is 3. The molecular weight excluding hydrogens is 355 g/mol. The molecule has 9 heteroatoms. The SMILES string of the molecule is CC(CNC(=O)c1ccc(Br)cc1C(F)(F)F)/C(N)=N/O. The summed E-state index contributed by atoms with van der Waals surface area (Å²) in [6.07, 6.45) is -4.65. The molecule has 1 atom stereocenters. The fourth-order valence-corrected chi connectivity index (χ4v) is 1.85. The average molecular weight is 368 g/mol. The summed E-state index contributed by atoms with van der Waals surface area (Å²) in [6.45, 7) is 1.50. The number of nitrogens with two attached hydrogens (primary N) is 1. The minimum absolute atomic E-state index is 0.0535. The highest BCUT2D eigenvalue weighted by Crippen LogP contribution is 2.33. The molecule has 0 bridgehead atoms. The van der Waals surface area contributed by atoms with Gasteiger partial charge in [-0.1, -0.05) is 28.0 Å². The van der Waals surface area contributed by atoms with Gasteiger partial charge in [0.1, 0.15) is 5.84 Å². The average Bonchev–Trinajstić information content (AvgIpc) is 2.42. The quantitative estimate of drug-likeness (QED) is 0.330. The first-order chi connectivity index (χ1) is 9.66. The molecule has 1 aromatic carbocycles. The number of amidine groups is 1. The van der Waals surface area contributed by atoms with Gasteiger partial charge in [0.15, 0.2) is 0 Å². The molecule has 0 saturated carbocycles. The Morgan fingerprint density at radius 1 is 1.52 bits per heavy atom. The first-order valence-electron chi connectivity index (χ1n) is 5.79. The van der Waals surface area contributed by atoms with Crippen molar-refractivity contribution < 1.29 is 23.2 Å². The highest BCUT2D eigenvalue weighted by molar-refractivity contribution is 9.10. The number of amides is 1. The maximum atomic E-state index is 12.9. The van der Waals surface area contributed by atoms with Gasteiger partial charge in [0.05, 0.1) is 11.1 Å². The lowest BCUT2D eigenvalue weighted by Crippen LogP contribution is -2.35. The molecule has 0 aliphatic rings. The van der Waals surface area contributed by atoms with E-state index in [4.69, 9.17) is 10.9 Å². The Balaban J connectivity index is 2.93. The van der Waals surface area contributed by atoms with Crippen LogP contribution < -0.4 is 11.1 Å². The van der Waals surface area contributed by atoms with Gasteiger partial charge in [-0.2, -0.15) is 13.2 Å². The van der Waals surface area contributed by atoms with Gasteiger partial charge >= 0.3 is 6.18 Å². The van der Waals surface area contributed by atoms with Crippen molar-refractivity contribution in [2.45, 2.75) is 13.1 Å². The fraction of sp³-hybridized carbons (Fsp3) is 0.333. The molecule has 116 valence electrons. The number of benzene rings is 1. The number of rotatable bonds is 4. The van der Waals surface area contributed by atoms with Crippen LogP contribution in [0.4, 0.5) is 13.2 Å². The molecule has 1 unspecified atom stereocenters. The van der Waals surface area contributed by atoms with Crippen LogP contribution in [0.2, 0.25) is 0 Å². The summed E-state index contributed by atoms with van der Waals surface area (Å²) in [5.41, 5.74) is 3.80. The van der Waals surface area contributed by atoms with Gasteiger partial charge in [0.2, 0.25) is 0 Å². The number of carbonyl (C=O) groups excluding carboxylic acids is 1. The van der Waals surface area contributed by atoms with Gasteiger partial charge in [-0.25, -0.2) is 0 Å². The summed E-state index contributed by atoms with van der Waals surface area (Å²) in [7, 11) is 0. The van der Waals surface area contributed by atoms with Crippen molar-refractivity contribution in [3.8, 4) is 0 Å². The van der Waals surface area contributed by atoms with Gasteiger partial charge in [-0.3, -0.25) is 4.79 Å². The number of halogens is 4. The Morgan fingerprint density at radius 3 is 2.67 bits per heavy atom. The zero-order valence-electron chi connectivity index (χ0n) is 10.9. The molecule has 4 N–H and O–H groups in total. The van der Waals surface area contributed by atoms with Crippen LogP contribution in [0.5, 0.6) is 0 Å². The summed E-state index contributed by atoms with van der Waals surface area (Å²) in [4.78, 5) is 11.9. The third-order valence-electron chi connectivity index (χ3n) is 2.72. The molecule has 0 aliphatic heterocycles. The number of carbonyl (C=O) groups is 1. The van der Waals surface area contributed by atoms with Crippen LogP contribution in [0.15, 0.2) is 27.8 Å². The van der Waals surface area contributed by atoms with Crippen molar-refractivity contribution in [1.82, 2.24) is 5.32 Å². The molecule has 0 heterocycles. The van der Waals surface area contributed by atoms with E-state index < -0.39 is 29.1 Å². The standard InChI is InChI=1S/C12H13BrF3N3O2/c1-6(10(17)19-21)5-18-11(20)8-3-2-7(13)4-9(8)12(14,15)16/h2-4,6,21H,5H2,1H3,(H2,17,19)(H,18,20). The van der Waals surface area contributed by atoms with E-state index in [0.29, 0.717) is 0 Å². The Hall–Kier alpha value is -1.77. The van der Waals surface area contributed by atoms with Crippen LogP contribution in [-0.2, 0) is 6.18 Å². The number of oxime groups is 1. The minimum atomic E-state index is -4.65. The monoisotopic (exact) mass is 367 g/mol. The first-order valence-corrected chi connectivity index (χ1v) is 6.58. The molecule has 0 fully saturated rings. The molecule has 1 aromatic rings. The van der Waals surface area contributed by atoms with E-state index in [1.165, 1.54) is 6.07 Å². The van der Waals surface area contributed by atoms with Crippen molar-refractivity contribution in [2.24, 2.45) is 16.8 Å². The molecule has 1 amide bonds. The van der Waals surface area contributed by atoms with E-state index >= 15 is 0 Å². The zero-order valence-corrected chi connectivity index (χ0v) is 12.5. The van der Waals surface area contributed by atoms with E-state index in [2.05, 4.69) is 26.4 Å². The van der Waals surface area contributed by atoms with Gasteiger partial charge in [0, 0.05) is 16.9 Å². The van der Waals surface area contributed by atoms with Crippen molar-refractivity contribution in [3.63, 3.8) is 0 Å². The lowest BCUT2D eigenvalue weighted by atomic mass is 10.1. The highest BCUT2D eigenvalue weighted by atomic mass is 79.9. The van der Waals surface area contributed by atoms with Crippen LogP contribution in [0, 0.1) is 5.92 Å². The van der Waals surface area contributed by atoms with E-state index in [-0.39, 0.29) is 16.9 Å². The second kappa shape index (κ2) is 6.79. The molecule has 0 saturated heterocycles. The smallest absolute Gasteiger partial charge is 0.409 e. The predicted molar refractivity (Wildman–Crippen MR) is 74.1 cm³/mol. The second-order valence-electron chi connectivity index (χ2n) is 4.32. The summed E-state index contributed by atoms with van der Waals surface area (Å²) >= 11 is 2.94. The van der Waals surface area contributed by atoms with Gasteiger partial charge in [0.25, 0.3) is 5.91 Å². The summed E-state index contributed by atoms with van der Waals surface area (Å²) in [5.74, 6) is -1.52. The largest absolute Gasteiger partial charge is 0.417 e. The lowest BCUT2D eigenvalue weighted by molar-refractivity contribution is -0.138. The van der Waals surface area contributed by atoms with Crippen molar-refractivity contribution >= 4 is 27.7 Å². The van der Waals surface area contributed by atoms with E-state index in [0.717, 1.165) is 12.1 Å². The van der Waals surface area contributed by atoms with Crippen molar-refractivity contribution in [1.29, 1.82) is 0 Å². The van der Waals surface area contributed by atoms with Crippen LogP contribution in [-0.4, -0.2) is 23.5 Å². The van der Waals surface area contributed by atoms with Gasteiger partial charge < -0.3 is 16.3 Å². The second-order valence-corrected chi connectivity index (χ2v) is 5.24. The zero-order chi connectivity index (χ0) is 16.2. The highest BCUT2D eigenvalue weighted by Gasteiger charge is 2.35. The lowest BCUT2D eigenvalue weighted by Gasteiger charge is -2.15.